The highest BCUT2D eigenvalue weighted by Crippen LogP contribution is 2.29. The van der Waals surface area contributed by atoms with Crippen molar-refractivity contribution in [3.05, 3.63) is 0 Å². The summed E-state index contributed by atoms with van der Waals surface area (Å²) in [6, 6.07) is 0. The molecule has 0 aromatic heterocycles. The van der Waals surface area contributed by atoms with E-state index in [4.69, 9.17) is 0 Å². The van der Waals surface area contributed by atoms with Gasteiger partial charge < -0.3 is 0 Å². The van der Waals surface area contributed by atoms with Crippen LogP contribution in [-0.4, -0.2) is 22.4 Å². The molecule has 2 rings (SSSR count). The zero-order chi connectivity index (χ0) is 15.8. The SMILES string of the molecule is O=C1CSC(=O)C1C(=O)CC1CCCCCCCCCCC1. The Labute approximate surface area is 138 Å². The molecule has 1 unspecified atom stereocenters. The Morgan fingerprint density at radius 3 is 1.82 bits per heavy atom. The second-order valence-electron chi connectivity index (χ2n) is 6.80. The Morgan fingerprint density at radius 1 is 0.864 bits per heavy atom. The van der Waals surface area contributed by atoms with Crippen molar-refractivity contribution >= 4 is 28.4 Å². The van der Waals surface area contributed by atoms with Gasteiger partial charge in [-0.3, -0.25) is 14.4 Å². The predicted molar refractivity (Wildman–Crippen MR) is 89.9 cm³/mol. The molecule has 0 bridgehead atoms. The third-order valence-corrected chi connectivity index (χ3v) is 5.90. The molecule has 1 saturated carbocycles. The van der Waals surface area contributed by atoms with E-state index in [9.17, 15) is 14.4 Å². The zero-order valence-corrected chi connectivity index (χ0v) is 14.3. The maximum Gasteiger partial charge on any atom is 0.207 e. The second kappa shape index (κ2) is 9.49. The van der Waals surface area contributed by atoms with Gasteiger partial charge in [0.1, 0.15) is 5.92 Å². The highest BCUT2D eigenvalue weighted by atomic mass is 32.2. The molecule has 2 fully saturated rings. The topological polar surface area (TPSA) is 51.2 Å². The van der Waals surface area contributed by atoms with Crippen LogP contribution in [0.5, 0.6) is 0 Å². The van der Waals surface area contributed by atoms with Gasteiger partial charge in [-0.1, -0.05) is 82.4 Å². The number of hydrogen-bond acceptors (Lipinski definition) is 4. The Kier molecular flexibility index (Phi) is 7.64. The van der Waals surface area contributed by atoms with Crippen molar-refractivity contribution in [3.63, 3.8) is 0 Å². The number of thioether (sulfide) groups is 1. The lowest BCUT2D eigenvalue weighted by Gasteiger charge is -2.18. The summed E-state index contributed by atoms with van der Waals surface area (Å²) in [7, 11) is 0. The van der Waals surface area contributed by atoms with Crippen LogP contribution in [-0.2, 0) is 14.4 Å². The van der Waals surface area contributed by atoms with Crippen LogP contribution in [0.25, 0.3) is 0 Å². The van der Waals surface area contributed by atoms with E-state index in [1.165, 1.54) is 57.8 Å². The molecule has 1 aliphatic heterocycles. The molecular formula is C18H28O3S. The van der Waals surface area contributed by atoms with Crippen LogP contribution in [0.1, 0.15) is 77.0 Å². The number of carbonyl (C=O) groups is 3. The summed E-state index contributed by atoms with van der Waals surface area (Å²) in [5.41, 5.74) is 0. The summed E-state index contributed by atoms with van der Waals surface area (Å²) in [4.78, 5) is 35.8. The normalized spacial score (nSPS) is 26.5. The van der Waals surface area contributed by atoms with Crippen LogP contribution in [0.15, 0.2) is 0 Å². The molecular weight excluding hydrogens is 296 g/mol. The quantitative estimate of drug-likeness (QED) is 0.725. The number of Topliss-reactive ketones (excluding diaryl/α,β-unsaturated/α-hetero) is 2. The minimum atomic E-state index is -0.939. The fourth-order valence-corrected chi connectivity index (χ4v) is 4.49. The van der Waals surface area contributed by atoms with Crippen molar-refractivity contribution in [2.45, 2.75) is 77.0 Å². The fraction of sp³-hybridized carbons (Fsp3) is 0.833. The van der Waals surface area contributed by atoms with E-state index in [0.717, 1.165) is 24.6 Å². The summed E-state index contributed by atoms with van der Waals surface area (Å²) in [6.45, 7) is 0. The second-order valence-corrected chi connectivity index (χ2v) is 7.78. The first kappa shape index (κ1) is 17.7. The summed E-state index contributed by atoms with van der Waals surface area (Å²) in [5.74, 6) is -0.658. The van der Waals surface area contributed by atoms with Gasteiger partial charge in [0.25, 0.3) is 0 Å². The van der Waals surface area contributed by atoms with Gasteiger partial charge in [0.2, 0.25) is 5.12 Å². The molecule has 0 radical (unpaired) electrons. The smallest absolute Gasteiger partial charge is 0.207 e. The van der Waals surface area contributed by atoms with E-state index in [1.54, 1.807) is 0 Å². The number of ketones is 2. The minimum Gasteiger partial charge on any atom is -0.298 e. The van der Waals surface area contributed by atoms with Crippen LogP contribution in [0.2, 0.25) is 0 Å². The molecule has 0 N–H and O–H groups in total. The Morgan fingerprint density at radius 2 is 1.36 bits per heavy atom. The standard InChI is InChI=1S/C18H28O3S/c19-15(17-16(20)13-22-18(17)21)12-14-10-8-6-4-2-1-3-5-7-9-11-14/h14,17H,1-13H2. The summed E-state index contributed by atoms with van der Waals surface area (Å²) in [5, 5.41) is -0.219. The average Bonchev–Trinajstić information content (AvgIpc) is 2.81. The molecule has 1 aliphatic carbocycles. The monoisotopic (exact) mass is 324 g/mol. The van der Waals surface area contributed by atoms with Crippen molar-refractivity contribution in [2.24, 2.45) is 11.8 Å². The molecule has 4 heteroatoms. The number of hydrogen-bond donors (Lipinski definition) is 0. The van der Waals surface area contributed by atoms with Gasteiger partial charge >= 0.3 is 0 Å². The van der Waals surface area contributed by atoms with Crippen molar-refractivity contribution in [3.8, 4) is 0 Å². The van der Waals surface area contributed by atoms with Crippen molar-refractivity contribution in [1.29, 1.82) is 0 Å². The van der Waals surface area contributed by atoms with Gasteiger partial charge in [-0.05, 0) is 5.92 Å². The molecule has 2 aliphatic rings. The van der Waals surface area contributed by atoms with E-state index >= 15 is 0 Å². The molecule has 1 atom stereocenters. The molecule has 0 aromatic rings. The molecule has 1 heterocycles. The molecule has 22 heavy (non-hydrogen) atoms. The van der Waals surface area contributed by atoms with Gasteiger partial charge in [0.15, 0.2) is 11.6 Å². The highest BCUT2D eigenvalue weighted by Gasteiger charge is 2.39. The van der Waals surface area contributed by atoms with Gasteiger partial charge in [-0.25, -0.2) is 0 Å². The maximum atomic E-state index is 12.4. The third-order valence-electron chi connectivity index (χ3n) is 4.95. The van der Waals surface area contributed by atoms with Gasteiger partial charge in [-0.15, -0.1) is 0 Å². The van der Waals surface area contributed by atoms with E-state index in [-0.39, 0.29) is 22.4 Å². The number of rotatable bonds is 3. The van der Waals surface area contributed by atoms with E-state index < -0.39 is 5.92 Å². The Bertz CT molecular complexity index is 377. The lowest BCUT2D eigenvalue weighted by Crippen LogP contribution is -2.27. The summed E-state index contributed by atoms with van der Waals surface area (Å²) < 4.78 is 0. The van der Waals surface area contributed by atoms with Crippen LogP contribution < -0.4 is 0 Å². The third kappa shape index (κ3) is 5.53. The molecule has 0 aromatic carbocycles. The Hall–Kier alpha value is -0.640. The first-order valence-electron chi connectivity index (χ1n) is 8.90. The van der Waals surface area contributed by atoms with Crippen molar-refractivity contribution < 1.29 is 14.4 Å². The van der Waals surface area contributed by atoms with Crippen molar-refractivity contribution in [1.82, 2.24) is 0 Å². The van der Waals surface area contributed by atoms with E-state index in [0.29, 0.717) is 12.3 Å². The average molecular weight is 324 g/mol. The first-order valence-corrected chi connectivity index (χ1v) is 9.89. The van der Waals surface area contributed by atoms with Crippen LogP contribution in [0, 0.1) is 11.8 Å². The van der Waals surface area contributed by atoms with Gasteiger partial charge in [0.05, 0.1) is 5.75 Å². The van der Waals surface area contributed by atoms with E-state index in [2.05, 4.69) is 0 Å². The first-order chi connectivity index (χ1) is 10.7. The van der Waals surface area contributed by atoms with Gasteiger partial charge in [0, 0.05) is 6.42 Å². The molecule has 0 spiro atoms. The highest BCUT2D eigenvalue weighted by molar-refractivity contribution is 8.15. The number of carbonyl (C=O) groups excluding carboxylic acids is 3. The molecule has 1 saturated heterocycles. The van der Waals surface area contributed by atoms with Crippen molar-refractivity contribution in [2.75, 3.05) is 5.75 Å². The van der Waals surface area contributed by atoms with Crippen LogP contribution in [0.4, 0.5) is 0 Å². The molecule has 3 nitrogen and oxygen atoms in total. The molecule has 124 valence electrons. The minimum absolute atomic E-state index is 0.114. The molecule has 0 amide bonds. The Balaban J connectivity index is 1.85. The van der Waals surface area contributed by atoms with Gasteiger partial charge in [-0.2, -0.15) is 0 Å². The summed E-state index contributed by atoms with van der Waals surface area (Å²) >= 11 is 1.01. The lowest BCUT2D eigenvalue weighted by atomic mass is 9.86. The fourth-order valence-electron chi connectivity index (χ4n) is 3.61. The zero-order valence-electron chi connectivity index (χ0n) is 13.5. The summed E-state index contributed by atoms with van der Waals surface area (Å²) in [6.07, 6.45) is 14.1. The van der Waals surface area contributed by atoms with Crippen LogP contribution in [0.3, 0.4) is 0 Å². The largest absolute Gasteiger partial charge is 0.298 e. The van der Waals surface area contributed by atoms with E-state index in [1.807, 2.05) is 0 Å². The maximum absolute atomic E-state index is 12.4. The van der Waals surface area contributed by atoms with Crippen LogP contribution >= 0.6 is 11.8 Å². The lowest BCUT2D eigenvalue weighted by molar-refractivity contribution is -0.135. The predicted octanol–water partition coefficient (Wildman–Crippen LogP) is 4.33.